The Kier molecular flexibility index (Phi) is 4.51. The summed E-state index contributed by atoms with van der Waals surface area (Å²) in [7, 11) is 0. The summed E-state index contributed by atoms with van der Waals surface area (Å²) in [5.41, 5.74) is 3.38. The maximum absolute atomic E-state index is 13.2. The van der Waals surface area contributed by atoms with Gasteiger partial charge in [-0.2, -0.15) is 5.10 Å². The summed E-state index contributed by atoms with van der Waals surface area (Å²) in [4.78, 5) is 26.0. The lowest BCUT2D eigenvalue weighted by Crippen LogP contribution is -2.34. The van der Waals surface area contributed by atoms with E-state index in [0.29, 0.717) is 5.39 Å². The molecule has 142 valence electrons. The van der Waals surface area contributed by atoms with Gasteiger partial charge in [-0.3, -0.25) is 9.59 Å². The summed E-state index contributed by atoms with van der Waals surface area (Å²) in [6, 6.07) is 12.9. The largest absolute Gasteiger partial charge is 0.324 e. The Hall–Kier alpha value is -2.99. The Morgan fingerprint density at radius 3 is 2.64 bits per heavy atom. The van der Waals surface area contributed by atoms with Crippen molar-refractivity contribution < 1.29 is 4.79 Å². The number of rotatable bonds is 3. The van der Waals surface area contributed by atoms with E-state index < -0.39 is 6.04 Å². The molecule has 5 nitrogen and oxygen atoms in total. The highest BCUT2D eigenvalue weighted by Crippen LogP contribution is 2.33. The van der Waals surface area contributed by atoms with Crippen molar-refractivity contribution in [2.75, 3.05) is 5.32 Å². The van der Waals surface area contributed by atoms with Gasteiger partial charge >= 0.3 is 0 Å². The van der Waals surface area contributed by atoms with Gasteiger partial charge in [0.15, 0.2) is 0 Å². The third-order valence-electron chi connectivity index (χ3n) is 4.99. The number of carbonyl (C=O) groups is 1. The molecule has 6 heteroatoms. The van der Waals surface area contributed by atoms with E-state index in [1.807, 2.05) is 63.2 Å². The zero-order chi connectivity index (χ0) is 20.0. The number of anilines is 1. The fourth-order valence-corrected chi connectivity index (χ4v) is 4.58. The summed E-state index contributed by atoms with van der Waals surface area (Å²) in [6.45, 7) is 7.54. The number of benzene rings is 2. The molecule has 2 heterocycles. The molecule has 0 aliphatic heterocycles. The lowest BCUT2D eigenvalue weighted by molar-refractivity contribution is -0.119. The second kappa shape index (κ2) is 6.87. The Morgan fingerprint density at radius 2 is 1.89 bits per heavy atom. The van der Waals surface area contributed by atoms with Crippen LogP contribution in [0.5, 0.6) is 0 Å². The van der Waals surface area contributed by atoms with Crippen molar-refractivity contribution in [1.82, 2.24) is 9.78 Å². The average molecular weight is 391 g/mol. The summed E-state index contributed by atoms with van der Waals surface area (Å²) in [5.74, 6) is -0.264. The van der Waals surface area contributed by atoms with E-state index in [1.165, 1.54) is 4.68 Å². The van der Waals surface area contributed by atoms with Crippen molar-refractivity contribution in [3.63, 3.8) is 0 Å². The molecule has 1 amide bonds. The van der Waals surface area contributed by atoms with Gasteiger partial charge in [0.25, 0.3) is 5.56 Å². The maximum atomic E-state index is 13.2. The summed E-state index contributed by atoms with van der Waals surface area (Å²) < 4.78 is 3.23. The molecule has 4 aromatic rings. The first-order valence-corrected chi connectivity index (χ1v) is 9.97. The first kappa shape index (κ1) is 18.4. The molecule has 1 atom stereocenters. The fourth-order valence-electron chi connectivity index (χ4n) is 3.44. The molecule has 2 aromatic heterocycles. The van der Waals surface area contributed by atoms with E-state index in [-0.39, 0.29) is 11.5 Å². The van der Waals surface area contributed by atoms with Crippen LogP contribution in [-0.2, 0) is 4.79 Å². The zero-order valence-electron chi connectivity index (χ0n) is 16.2. The summed E-state index contributed by atoms with van der Waals surface area (Å²) >= 11 is 1.56. The van der Waals surface area contributed by atoms with Gasteiger partial charge < -0.3 is 5.32 Å². The van der Waals surface area contributed by atoms with Crippen molar-refractivity contribution in [3.8, 4) is 0 Å². The van der Waals surface area contributed by atoms with Gasteiger partial charge in [0.2, 0.25) is 5.91 Å². The van der Waals surface area contributed by atoms with Crippen LogP contribution in [0.25, 0.3) is 20.2 Å². The van der Waals surface area contributed by atoms with E-state index >= 15 is 0 Å². The molecule has 0 radical (unpaired) electrons. The molecule has 2 aromatic carbocycles. The lowest BCUT2D eigenvalue weighted by atomic mass is 10.1. The summed E-state index contributed by atoms with van der Waals surface area (Å²) in [6.07, 6.45) is 0. The molecule has 0 saturated heterocycles. The number of aromatic nitrogens is 2. The molecule has 0 spiro atoms. The maximum Gasteiger partial charge on any atom is 0.276 e. The minimum Gasteiger partial charge on any atom is -0.324 e. The highest BCUT2D eigenvalue weighted by Gasteiger charge is 2.22. The molecular formula is C22H21N3O2S. The van der Waals surface area contributed by atoms with Gasteiger partial charge in [-0.15, -0.1) is 11.3 Å². The molecule has 1 N–H and O–H groups in total. The minimum absolute atomic E-state index is 0.235. The monoisotopic (exact) mass is 391 g/mol. The number of thiophene rings is 1. The van der Waals surface area contributed by atoms with Crippen LogP contribution in [0.2, 0.25) is 0 Å². The second-order valence-electron chi connectivity index (χ2n) is 7.12. The Morgan fingerprint density at radius 1 is 1.14 bits per heavy atom. The third kappa shape index (κ3) is 2.99. The number of amides is 1. The van der Waals surface area contributed by atoms with Crippen LogP contribution in [0.15, 0.2) is 47.3 Å². The molecule has 1 unspecified atom stereocenters. The highest BCUT2D eigenvalue weighted by molar-refractivity contribution is 7.26. The molecule has 0 aliphatic rings. The molecular weight excluding hydrogens is 370 g/mol. The predicted molar refractivity (Wildman–Crippen MR) is 115 cm³/mol. The van der Waals surface area contributed by atoms with Gasteiger partial charge in [-0.1, -0.05) is 35.9 Å². The van der Waals surface area contributed by atoms with Gasteiger partial charge in [-0.05, 0) is 45.4 Å². The van der Waals surface area contributed by atoms with Crippen LogP contribution in [0.1, 0.15) is 29.8 Å². The number of carbonyl (C=O) groups excluding carboxylic acids is 1. The molecule has 28 heavy (non-hydrogen) atoms. The highest BCUT2D eigenvalue weighted by atomic mass is 32.1. The van der Waals surface area contributed by atoms with Crippen molar-refractivity contribution >= 4 is 43.1 Å². The summed E-state index contributed by atoms with van der Waals surface area (Å²) in [5, 5.41) is 8.92. The normalized spacial score (nSPS) is 12.4. The van der Waals surface area contributed by atoms with E-state index in [1.54, 1.807) is 18.3 Å². The first-order chi connectivity index (χ1) is 13.4. The van der Waals surface area contributed by atoms with E-state index in [2.05, 4.69) is 10.4 Å². The fraction of sp³-hybridized carbons (Fsp3) is 0.227. The van der Waals surface area contributed by atoms with Crippen LogP contribution >= 0.6 is 11.3 Å². The van der Waals surface area contributed by atoms with E-state index in [4.69, 9.17) is 0 Å². The van der Waals surface area contributed by atoms with Gasteiger partial charge in [0.05, 0.1) is 15.8 Å². The van der Waals surface area contributed by atoms with Crippen molar-refractivity contribution in [2.45, 2.75) is 33.7 Å². The van der Waals surface area contributed by atoms with Crippen molar-refractivity contribution in [3.05, 3.63) is 69.6 Å². The minimum atomic E-state index is -0.727. The quantitative estimate of drug-likeness (QED) is 0.549. The van der Waals surface area contributed by atoms with Crippen LogP contribution in [0.4, 0.5) is 5.69 Å². The van der Waals surface area contributed by atoms with Crippen LogP contribution in [0, 0.1) is 20.8 Å². The van der Waals surface area contributed by atoms with E-state index in [9.17, 15) is 9.59 Å². The molecule has 0 fully saturated rings. The Labute approximate surface area is 166 Å². The molecule has 0 saturated carbocycles. The average Bonchev–Trinajstić information content (AvgIpc) is 3.07. The molecule has 0 bridgehead atoms. The number of hydrogen-bond acceptors (Lipinski definition) is 4. The topological polar surface area (TPSA) is 64.0 Å². The lowest BCUT2D eigenvalue weighted by Gasteiger charge is -2.16. The zero-order valence-corrected chi connectivity index (χ0v) is 17.1. The standard InChI is InChI=1S/C22H21N3O2S/c1-12-9-10-17(13(2)11-12)23-21(26)15(4)25-22(27)19-16-7-5-6-8-18(16)28-20(19)14(3)24-25/h5-11,15H,1-4H3,(H,23,26). The third-order valence-corrected chi connectivity index (χ3v) is 6.27. The smallest absolute Gasteiger partial charge is 0.276 e. The number of fused-ring (bicyclic) bond motifs is 3. The number of nitrogens with zero attached hydrogens (tertiary/aromatic N) is 2. The van der Waals surface area contributed by atoms with Gasteiger partial charge in [-0.25, -0.2) is 4.68 Å². The number of nitrogens with one attached hydrogen (secondary N) is 1. The van der Waals surface area contributed by atoms with Crippen LogP contribution in [0.3, 0.4) is 0 Å². The predicted octanol–water partition coefficient (Wildman–Crippen LogP) is 4.74. The second-order valence-corrected chi connectivity index (χ2v) is 8.17. The first-order valence-electron chi connectivity index (χ1n) is 9.15. The number of hydrogen-bond donors (Lipinski definition) is 1. The van der Waals surface area contributed by atoms with Crippen molar-refractivity contribution in [2.24, 2.45) is 0 Å². The molecule has 0 aliphatic carbocycles. The van der Waals surface area contributed by atoms with Crippen LogP contribution < -0.4 is 10.9 Å². The SMILES string of the molecule is Cc1ccc(NC(=O)C(C)n2nc(C)c3sc4ccccc4c3c2=O)c(C)c1. The Bertz CT molecular complexity index is 1290. The van der Waals surface area contributed by atoms with Crippen molar-refractivity contribution in [1.29, 1.82) is 0 Å². The van der Waals surface area contributed by atoms with Gasteiger partial charge in [0.1, 0.15) is 6.04 Å². The van der Waals surface area contributed by atoms with Crippen LogP contribution in [-0.4, -0.2) is 15.7 Å². The number of aryl methyl sites for hydroxylation is 3. The Balaban J connectivity index is 1.77. The van der Waals surface area contributed by atoms with E-state index in [0.717, 1.165) is 37.3 Å². The molecule has 4 rings (SSSR count). The van der Waals surface area contributed by atoms with Gasteiger partial charge in [0, 0.05) is 15.8 Å².